The summed E-state index contributed by atoms with van der Waals surface area (Å²) in [6, 6.07) is 8.80. The third-order valence-electron chi connectivity index (χ3n) is 6.27. The molecule has 1 fully saturated rings. The van der Waals surface area contributed by atoms with E-state index >= 15 is 0 Å². The molecule has 1 N–H and O–H groups in total. The van der Waals surface area contributed by atoms with Gasteiger partial charge in [-0.3, -0.25) is 14.3 Å². The first-order valence-corrected chi connectivity index (χ1v) is 12.7. The van der Waals surface area contributed by atoms with Crippen molar-refractivity contribution in [3.05, 3.63) is 53.8 Å². The zero-order valence-corrected chi connectivity index (χ0v) is 20.5. The summed E-state index contributed by atoms with van der Waals surface area (Å²) in [6.07, 6.45) is 0.870. The van der Waals surface area contributed by atoms with Gasteiger partial charge in [0.1, 0.15) is 24.3 Å². The van der Waals surface area contributed by atoms with Crippen molar-refractivity contribution >= 4 is 27.5 Å². The number of sulfonamides is 1. The highest BCUT2D eigenvalue weighted by atomic mass is 32.2. The molecule has 2 heterocycles. The Morgan fingerprint density at radius 3 is 2.69 bits per heavy atom. The average Bonchev–Trinajstić information content (AvgIpc) is 2.81. The summed E-state index contributed by atoms with van der Waals surface area (Å²) < 4.78 is 53.3. The number of amides is 2. The first kappa shape index (κ1) is 24.9. The van der Waals surface area contributed by atoms with Crippen molar-refractivity contribution in [2.75, 3.05) is 32.5 Å². The van der Waals surface area contributed by atoms with Gasteiger partial charge in [-0.1, -0.05) is 6.07 Å². The molecule has 3 atom stereocenters. The molecule has 0 aromatic heterocycles. The minimum atomic E-state index is -4.06. The smallest absolute Gasteiger partial charge is 0.261 e. The maximum absolute atomic E-state index is 13.5. The van der Waals surface area contributed by atoms with Gasteiger partial charge in [0, 0.05) is 26.8 Å². The number of benzene rings is 2. The average molecular weight is 506 g/mol. The van der Waals surface area contributed by atoms with Gasteiger partial charge in [-0.15, -0.1) is 0 Å². The predicted octanol–water partition coefficient (Wildman–Crippen LogP) is 2.49. The van der Waals surface area contributed by atoms with E-state index in [2.05, 4.69) is 4.72 Å². The number of halogens is 1. The molecule has 188 valence electrons. The van der Waals surface area contributed by atoms with Gasteiger partial charge < -0.3 is 19.3 Å². The lowest BCUT2D eigenvalue weighted by atomic mass is 9.94. The predicted molar refractivity (Wildman–Crippen MR) is 126 cm³/mol. The Morgan fingerprint density at radius 2 is 1.97 bits per heavy atom. The van der Waals surface area contributed by atoms with E-state index in [1.807, 2.05) is 0 Å². The Balaban J connectivity index is 1.54. The summed E-state index contributed by atoms with van der Waals surface area (Å²) in [5.74, 6) is -0.742. The number of carbonyl (C=O) groups is 2. The van der Waals surface area contributed by atoms with Crippen LogP contribution < -0.4 is 9.46 Å². The van der Waals surface area contributed by atoms with Gasteiger partial charge in [0.15, 0.2) is 0 Å². The lowest BCUT2D eigenvalue weighted by molar-refractivity contribution is -0.140. The number of anilines is 1. The van der Waals surface area contributed by atoms with Crippen LogP contribution >= 0.6 is 0 Å². The molecular formula is C24H28FN3O6S. The number of likely N-dealkylation sites (N-methyl/N-ethyl adjacent to an activating group) is 1. The number of nitrogens with zero attached hydrogens (tertiary/aromatic N) is 2. The maximum Gasteiger partial charge on any atom is 0.261 e. The summed E-state index contributed by atoms with van der Waals surface area (Å²) in [5, 5.41) is 0. The summed E-state index contributed by atoms with van der Waals surface area (Å²) in [4.78, 5) is 28.3. The lowest BCUT2D eigenvalue weighted by Crippen LogP contribution is -2.53. The first-order chi connectivity index (χ1) is 16.5. The Kier molecular flexibility index (Phi) is 7.00. The molecular weight excluding hydrogens is 477 g/mol. The molecule has 0 aliphatic carbocycles. The molecule has 2 aromatic rings. The van der Waals surface area contributed by atoms with Crippen LogP contribution in [-0.2, 0) is 19.6 Å². The number of rotatable bonds is 5. The fourth-order valence-electron chi connectivity index (χ4n) is 4.32. The first-order valence-electron chi connectivity index (χ1n) is 11.2. The molecule has 0 bridgehead atoms. The Hall–Kier alpha value is -3.18. The van der Waals surface area contributed by atoms with Crippen molar-refractivity contribution < 1.29 is 31.9 Å². The Bertz CT molecular complexity index is 1240. The van der Waals surface area contributed by atoms with Crippen molar-refractivity contribution in [1.82, 2.24) is 9.80 Å². The molecule has 2 aliphatic heterocycles. The fraction of sp³-hybridized carbons (Fsp3) is 0.417. The highest BCUT2D eigenvalue weighted by molar-refractivity contribution is 7.92. The van der Waals surface area contributed by atoms with Crippen LogP contribution in [0.25, 0.3) is 0 Å². The van der Waals surface area contributed by atoms with E-state index in [-0.39, 0.29) is 53.1 Å². The van der Waals surface area contributed by atoms with Gasteiger partial charge in [-0.25, -0.2) is 12.8 Å². The largest absolute Gasteiger partial charge is 0.490 e. The van der Waals surface area contributed by atoms with E-state index in [0.29, 0.717) is 18.6 Å². The Morgan fingerprint density at radius 1 is 1.20 bits per heavy atom. The highest BCUT2D eigenvalue weighted by Crippen LogP contribution is 2.33. The SMILES string of the molecule is CN(C)C(=O)C[C@@H]1CC[C@@H]2[C@@H](COc3ccc(NS(=O)(=O)c4cccc(F)c4)cc3C(=O)N2C)O1. The molecule has 11 heteroatoms. The molecule has 2 amide bonds. The molecule has 2 aliphatic rings. The summed E-state index contributed by atoms with van der Waals surface area (Å²) in [6.45, 7) is 0.177. The van der Waals surface area contributed by atoms with Crippen molar-refractivity contribution in [1.29, 1.82) is 0 Å². The number of carbonyl (C=O) groups excluding carboxylic acids is 2. The van der Waals surface area contributed by atoms with Crippen molar-refractivity contribution in [2.45, 2.75) is 42.4 Å². The van der Waals surface area contributed by atoms with E-state index in [4.69, 9.17) is 9.47 Å². The zero-order chi connectivity index (χ0) is 25.3. The van der Waals surface area contributed by atoms with E-state index in [9.17, 15) is 22.4 Å². The van der Waals surface area contributed by atoms with Gasteiger partial charge in [0.2, 0.25) is 5.91 Å². The van der Waals surface area contributed by atoms with Gasteiger partial charge in [0.25, 0.3) is 15.9 Å². The molecule has 0 unspecified atom stereocenters. The number of fused-ring (bicyclic) bond motifs is 2. The second kappa shape index (κ2) is 9.82. The Labute approximate surface area is 203 Å². The number of hydrogen-bond acceptors (Lipinski definition) is 6. The van der Waals surface area contributed by atoms with Gasteiger partial charge in [-0.05, 0) is 49.2 Å². The molecule has 9 nitrogen and oxygen atoms in total. The molecule has 4 rings (SSSR count). The van der Waals surface area contributed by atoms with Gasteiger partial charge in [-0.2, -0.15) is 0 Å². The molecule has 0 radical (unpaired) electrons. The topological polar surface area (TPSA) is 105 Å². The van der Waals surface area contributed by atoms with Crippen LogP contribution in [0.3, 0.4) is 0 Å². The van der Waals surface area contributed by atoms with Crippen molar-refractivity contribution in [3.63, 3.8) is 0 Å². The van der Waals surface area contributed by atoms with Crippen molar-refractivity contribution in [2.24, 2.45) is 0 Å². The highest BCUT2D eigenvalue weighted by Gasteiger charge is 2.39. The monoisotopic (exact) mass is 505 g/mol. The second-order valence-electron chi connectivity index (χ2n) is 8.93. The number of nitrogens with one attached hydrogen (secondary N) is 1. The van der Waals surface area contributed by atoms with Crippen LogP contribution in [0.1, 0.15) is 29.6 Å². The quantitative estimate of drug-likeness (QED) is 0.670. The molecule has 0 spiro atoms. The van der Waals surface area contributed by atoms with Crippen LogP contribution in [0.2, 0.25) is 0 Å². The van der Waals surface area contributed by atoms with Crippen LogP contribution in [0.15, 0.2) is 47.4 Å². The third kappa shape index (κ3) is 5.40. The second-order valence-corrected chi connectivity index (χ2v) is 10.6. The molecule has 2 aromatic carbocycles. The molecule has 35 heavy (non-hydrogen) atoms. The molecule has 0 saturated carbocycles. The van der Waals surface area contributed by atoms with E-state index in [1.54, 1.807) is 26.0 Å². The fourth-order valence-corrected chi connectivity index (χ4v) is 5.40. The van der Waals surface area contributed by atoms with Gasteiger partial charge in [0.05, 0.1) is 29.0 Å². The summed E-state index contributed by atoms with van der Waals surface area (Å²) in [5.41, 5.74) is 0.355. The van der Waals surface area contributed by atoms with Crippen molar-refractivity contribution in [3.8, 4) is 5.75 Å². The number of ether oxygens (including phenoxy) is 2. The standard InChI is InChI=1S/C24H28FN3O6S/c1-27(2)23(29)13-17-8-9-20-22(34-17)14-33-21-10-7-16(12-19(21)24(30)28(20)3)26-35(31,32)18-6-4-5-15(25)11-18/h4-7,10-12,17,20,22,26H,8-9,13-14H2,1-3H3/t17-,20+,22+/m0/s1. The maximum atomic E-state index is 13.5. The number of hydrogen-bond donors (Lipinski definition) is 1. The third-order valence-corrected chi connectivity index (χ3v) is 7.65. The minimum absolute atomic E-state index is 0.0248. The zero-order valence-electron chi connectivity index (χ0n) is 19.7. The van der Waals surface area contributed by atoms with Gasteiger partial charge >= 0.3 is 0 Å². The van der Waals surface area contributed by atoms with Crippen LogP contribution in [0.5, 0.6) is 5.75 Å². The summed E-state index contributed by atoms with van der Waals surface area (Å²) in [7, 11) is 1.01. The minimum Gasteiger partial charge on any atom is -0.490 e. The lowest BCUT2D eigenvalue weighted by Gasteiger charge is -2.42. The van der Waals surface area contributed by atoms with Crippen LogP contribution in [-0.4, -0.2) is 76.0 Å². The van der Waals surface area contributed by atoms with E-state index in [1.165, 1.54) is 35.2 Å². The van der Waals surface area contributed by atoms with Crippen LogP contribution in [0, 0.1) is 5.82 Å². The van der Waals surface area contributed by atoms with E-state index in [0.717, 1.165) is 12.1 Å². The van der Waals surface area contributed by atoms with Crippen LogP contribution in [0.4, 0.5) is 10.1 Å². The normalized spacial score (nSPS) is 22.2. The molecule has 1 saturated heterocycles. The summed E-state index contributed by atoms with van der Waals surface area (Å²) >= 11 is 0. The van der Waals surface area contributed by atoms with E-state index < -0.39 is 21.9 Å².